The van der Waals surface area contributed by atoms with Gasteiger partial charge in [0.15, 0.2) is 0 Å². The number of nitrogens with zero attached hydrogens (tertiary/aromatic N) is 4. The van der Waals surface area contributed by atoms with Crippen LogP contribution in [0.4, 0.5) is 4.39 Å². The maximum Gasteiger partial charge on any atom is 0.278 e. The van der Waals surface area contributed by atoms with E-state index in [0.29, 0.717) is 24.3 Å². The number of carbonyl (C=O) groups is 1. The second-order valence-electron chi connectivity index (χ2n) is 6.85. The second kappa shape index (κ2) is 6.78. The van der Waals surface area contributed by atoms with Crippen LogP contribution in [0.25, 0.3) is 11.0 Å². The molecule has 3 aromatic rings. The Morgan fingerprint density at radius 1 is 1.07 bits per heavy atom. The number of aromatic nitrogens is 2. The molecule has 140 valence electrons. The van der Waals surface area contributed by atoms with Crippen molar-refractivity contribution in [1.29, 1.82) is 0 Å². The highest BCUT2D eigenvalue weighted by Crippen LogP contribution is 2.35. The molecule has 2 aliphatic rings. The maximum absolute atomic E-state index is 13.3. The van der Waals surface area contributed by atoms with Gasteiger partial charge in [0.05, 0.1) is 17.1 Å². The summed E-state index contributed by atoms with van der Waals surface area (Å²) in [7, 11) is 0. The first-order valence-electron chi connectivity index (χ1n) is 9.05. The molecular formula is C21H17FN4O2. The van der Waals surface area contributed by atoms with E-state index in [0.717, 1.165) is 11.1 Å². The van der Waals surface area contributed by atoms with Crippen molar-refractivity contribution in [3.63, 3.8) is 0 Å². The number of halogens is 1. The molecule has 1 aromatic heterocycles. The molecule has 2 aromatic carbocycles. The molecule has 3 unspecified atom stereocenters. The van der Waals surface area contributed by atoms with Gasteiger partial charge in [-0.1, -0.05) is 24.3 Å². The van der Waals surface area contributed by atoms with E-state index in [1.54, 1.807) is 42.7 Å². The van der Waals surface area contributed by atoms with Crippen LogP contribution in [0.2, 0.25) is 0 Å². The van der Waals surface area contributed by atoms with Gasteiger partial charge in [-0.2, -0.15) is 0 Å². The molecule has 7 heteroatoms. The SMILES string of the molecule is O=C(c1ccc2nccnc2c1)N1CN2CC=CC(O1)C2c1ccc(F)cc1. The van der Waals surface area contributed by atoms with E-state index in [9.17, 15) is 9.18 Å². The normalized spacial score (nSPS) is 23.8. The monoisotopic (exact) mass is 376 g/mol. The lowest BCUT2D eigenvalue weighted by Crippen LogP contribution is -2.55. The Bertz CT molecular complexity index is 1070. The molecule has 0 spiro atoms. The summed E-state index contributed by atoms with van der Waals surface area (Å²) in [6, 6.07) is 11.6. The van der Waals surface area contributed by atoms with Gasteiger partial charge in [-0.25, -0.2) is 9.45 Å². The van der Waals surface area contributed by atoms with E-state index >= 15 is 0 Å². The molecule has 0 N–H and O–H groups in total. The van der Waals surface area contributed by atoms with Crippen LogP contribution in [-0.2, 0) is 4.84 Å². The topological polar surface area (TPSA) is 58.6 Å². The summed E-state index contributed by atoms with van der Waals surface area (Å²) >= 11 is 0. The summed E-state index contributed by atoms with van der Waals surface area (Å²) in [5.41, 5.74) is 2.86. The number of carbonyl (C=O) groups excluding carboxylic acids is 1. The summed E-state index contributed by atoms with van der Waals surface area (Å²) in [5.74, 6) is -0.497. The molecular weight excluding hydrogens is 359 g/mol. The van der Waals surface area contributed by atoms with E-state index < -0.39 is 0 Å². The van der Waals surface area contributed by atoms with Crippen molar-refractivity contribution in [3.8, 4) is 0 Å². The molecule has 3 heterocycles. The average molecular weight is 376 g/mol. The molecule has 0 radical (unpaired) electrons. The predicted molar refractivity (Wildman–Crippen MR) is 100 cm³/mol. The van der Waals surface area contributed by atoms with Crippen LogP contribution in [0.5, 0.6) is 0 Å². The fourth-order valence-electron chi connectivity index (χ4n) is 3.75. The number of fused-ring (bicyclic) bond motifs is 3. The Morgan fingerprint density at radius 2 is 1.86 bits per heavy atom. The highest BCUT2D eigenvalue weighted by atomic mass is 19.1. The van der Waals surface area contributed by atoms with E-state index in [1.807, 2.05) is 12.2 Å². The molecule has 2 aliphatic heterocycles. The van der Waals surface area contributed by atoms with E-state index in [2.05, 4.69) is 14.9 Å². The van der Waals surface area contributed by atoms with Crippen molar-refractivity contribution in [3.05, 3.63) is 84.0 Å². The van der Waals surface area contributed by atoms with Crippen LogP contribution in [0, 0.1) is 5.82 Å². The molecule has 0 saturated carbocycles. The van der Waals surface area contributed by atoms with Gasteiger partial charge in [0.2, 0.25) is 0 Å². The number of amides is 1. The summed E-state index contributed by atoms with van der Waals surface area (Å²) in [4.78, 5) is 29.6. The van der Waals surface area contributed by atoms with Crippen LogP contribution in [0.1, 0.15) is 22.0 Å². The van der Waals surface area contributed by atoms with Crippen LogP contribution in [-0.4, -0.2) is 45.2 Å². The van der Waals surface area contributed by atoms with Crippen molar-refractivity contribution in [2.75, 3.05) is 13.2 Å². The lowest BCUT2D eigenvalue weighted by Gasteiger charge is -2.46. The zero-order valence-corrected chi connectivity index (χ0v) is 14.9. The number of hydroxylamine groups is 2. The van der Waals surface area contributed by atoms with Gasteiger partial charge in [0, 0.05) is 24.5 Å². The minimum absolute atomic E-state index is 0.0582. The largest absolute Gasteiger partial charge is 0.278 e. The Hall–Kier alpha value is -3.16. The lowest BCUT2D eigenvalue weighted by atomic mass is 9.96. The maximum atomic E-state index is 13.3. The first kappa shape index (κ1) is 17.0. The number of hydrogen-bond donors (Lipinski definition) is 0. The fraction of sp³-hybridized carbons (Fsp3) is 0.190. The number of rotatable bonds is 2. The van der Waals surface area contributed by atoms with Gasteiger partial charge in [0.1, 0.15) is 18.6 Å². The van der Waals surface area contributed by atoms with Crippen LogP contribution in [0.3, 0.4) is 0 Å². The third-order valence-electron chi connectivity index (χ3n) is 5.08. The Kier molecular flexibility index (Phi) is 4.11. The lowest BCUT2D eigenvalue weighted by molar-refractivity contribution is -0.232. The summed E-state index contributed by atoms with van der Waals surface area (Å²) in [6.07, 6.45) is 6.88. The van der Waals surface area contributed by atoms with E-state index in [4.69, 9.17) is 4.84 Å². The van der Waals surface area contributed by atoms with Gasteiger partial charge in [-0.3, -0.25) is 24.5 Å². The molecule has 1 fully saturated rings. The summed E-state index contributed by atoms with van der Waals surface area (Å²) in [6.45, 7) is 1.01. The van der Waals surface area contributed by atoms with Crippen LogP contribution in [0.15, 0.2) is 67.0 Å². The smallest absolute Gasteiger partial charge is 0.270 e. The fourth-order valence-corrected chi connectivity index (χ4v) is 3.75. The minimum atomic E-state index is -0.322. The zero-order valence-electron chi connectivity index (χ0n) is 14.9. The molecule has 0 aliphatic carbocycles. The summed E-state index contributed by atoms with van der Waals surface area (Å²) < 4.78 is 13.3. The first-order chi connectivity index (χ1) is 13.7. The molecule has 6 nitrogen and oxygen atoms in total. The quantitative estimate of drug-likeness (QED) is 0.644. The van der Waals surface area contributed by atoms with Gasteiger partial charge in [-0.05, 0) is 35.9 Å². The minimum Gasteiger partial charge on any atom is -0.270 e. The highest BCUT2D eigenvalue weighted by molar-refractivity contribution is 5.96. The molecule has 1 amide bonds. The highest BCUT2D eigenvalue weighted by Gasteiger charge is 2.39. The zero-order chi connectivity index (χ0) is 19.1. The third kappa shape index (κ3) is 2.94. The van der Waals surface area contributed by atoms with Gasteiger partial charge < -0.3 is 0 Å². The van der Waals surface area contributed by atoms with Crippen LogP contribution < -0.4 is 0 Å². The van der Waals surface area contributed by atoms with Gasteiger partial charge in [0.25, 0.3) is 5.91 Å². The first-order valence-corrected chi connectivity index (χ1v) is 9.05. The third-order valence-corrected chi connectivity index (χ3v) is 5.08. The van der Waals surface area contributed by atoms with Crippen LogP contribution >= 0.6 is 0 Å². The summed E-state index contributed by atoms with van der Waals surface area (Å²) in [5, 5.41) is 1.38. The van der Waals surface area contributed by atoms with Crippen molar-refractivity contribution in [2.24, 2.45) is 0 Å². The van der Waals surface area contributed by atoms with E-state index in [1.165, 1.54) is 17.2 Å². The standard InChI is InChI=1S/C21H17FN4O2/c22-16-6-3-14(4-7-16)20-19-2-1-11-25(20)13-26(28-19)21(27)15-5-8-17-18(12-15)24-10-9-23-17/h1-10,12,19-20H,11,13H2. The number of hydrogen-bond acceptors (Lipinski definition) is 5. The molecule has 5 rings (SSSR count). The van der Waals surface area contributed by atoms with E-state index in [-0.39, 0.29) is 23.9 Å². The Labute approximate surface area is 160 Å². The molecule has 2 bridgehead atoms. The van der Waals surface area contributed by atoms with Crippen molar-refractivity contribution < 1.29 is 14.0 Å². The average Bonchev–Trinajstić information content (AvgIpc) is 2.72. The molecule has 3 atom stereocenters. The van der Waals surface area contributed by atoms with Crippen molar-refractivity contribution in [1.82, 2.24) is 19.9 Å². The second-order valence-corrected chi connectivity index (χ2v) is 6.85. The number of benzene rings is 2. The molecule has 1 saturated heterocycles. The molecule has 28 heavy (non-hydrogen) atoms. The van der Waals surface area contributed by atoms with Gasteiger partial charge >= 0.3 is 0 Å². The Morgan fingerprint density at radius 3 is 2.64 bits per heavy atom. The van der Waals surface area contributed by atoms with Gasteiger partial charge in [-0.15, -0.1) is 0 Å². The van der Waals surface area contributed by atoms with Crippen molar-refractivity contribution >= 4 is 16.9 Å². The van der Waals surface area contributed by atoms with Crippen molar-refractivity contribution in [2.45, 2.75) is 12.1 Å². The Balaban J connectivity index is 1.41. The predicted octanol–water partition coefficient (Wildman–Crippen LogP) is 3.10.